The van der Waals surface area contributed by atoms with Crippen molar-refractivity contribution in [2.24, 2.45) is 0 Å². The summed E-state index contributed by atoms with van der Waals surface area (Å²) < 4.78 is 5.68. The Labute approximate surface area is 149 Å². The van der Waals surface area contributed by atoms with Gasteiger partial charge in [0.15, 0.2) is 0 Å². The number of benzene rings is 1. The minimum absolute atomic E-state index is 0.0196. The van der Waals surface area contributed by atoms with Crippen molar-refractivity contribution in [2.45, 2.75) is 13.8 Å². The molecule has 2 aromatic rings. The Hall–Kier alpha value is -2.11. The summed E-state index contributed by atoms with van der Waals surface area (Å²) in [6.07, 6.45) is 0. The Kier molecular flexibility index (Phi) is 4.73. The molecule has 0 N–H and O–H groups in total. The van der Waals surface area contributed by atoms with Crippen molar-refractivity contribution in [1.82, 2.24) is 4.90 Å². The van der Waals surface area contributed by atoms with Crippen LogP contribution < -0.4 is 4.74 Å². The summed E-state index contributed by atoms with van der Waals surface area (Å²) in [5, 5.41) is 1.82. The summed E-state index contributed by atoms with van der Waals surface area (Å²) in [6, 6.07) is 9.49. The summed E-state index contributed by atoms with van der Waals surface area (Å²) in [6.45, 7) is 4.37. The van der Waals surface area contributed by atoms with Gasteiger partial charge in [0, 0.05) is 4.88 Å². The Bertz CT molecular complexity index is 807. The number of aryl methyl sites for hydroxylation is 2. The first kappa shape index (κ1) is 16.7. The molecule has 0 saturated heterocycles. The quantitative estimate of drug-likeness (QED) is 0.762. The van der Waals surface area contributed by atoms with Crippen molar-refractivity contribution in [3.8, 4) is 5.75 Å². The van der Waals surface area contributed by atoms with Crippen LogP contribution in [0, 0.1) is 13.8 Å². The van der Waals surface area contributed by atoms with Gasteiger partial charge in [-0.25, -0.2) is 0 Å². The fourth-order valence-corrected chi connectivity index (χ4v) is 3.76. The summed E-state index contributed by atoms with van der Waals surface area (Å²) in [5.41, 5.74) is 2.48. The van der Waals surface area contributed by atoms with E-state index in [9.17, 15) is 9.59 Å². The van der Waals surface area contributed by atoms with Gasteiger partial charge in [0.2, 0.25) is 0 Å². The first-order valence-corrected chi connectivity index (χ1v) is 8.74. The maximum Gasteiger partial charge on any atom is 0.273 e. The summed E-state index contributed by atoms with van der Waals surface area (Å²) in [4.78, 5) is 26.6. The molecule has 0 saturated carbocycles. The van der Waals surface area contributed by atoms with Gasteiger partial charge >= 0.3 is 0 Å². The number of thiophene rings is 1. The molecule has 0 radical (unpaired) electrons. The van der Waals surface area contributed by atoms with E-state index in [0.717, 1.165) is 21.8 Å². The van der Waals surface area contributed by atoms with Crippen LogP contribution in [0.15, 0.2) is 40.7 Å². The Balaban J connectivity index is 1.67. The van der Waals surface area contributed by atoms with Crippen LogP contribution in [0.2, 0.25) is 0 Å². The number of imide groups is 1. The highest BCUT2D eigenvalue weighted by Crippen LogP contribution is 2.33. The molecule has 124 valence electrons. The average molecular weight is 362 g/mol. The molecule has 0 fully saturated rings. The maximum atomic E-state index is 12.5. The number of amides is 2. The fraction of sp³-hybridized carbons (Fsp3) is 0.222. The first-order valence-electron chi connectivity index (χ1n) is 7.48. The SMILES string of the molecule is Cc1cc(C)cc(OCCN2C(=O)C(Cl)=C(c3cccs3)C2=O)c1. The molecule has 1 aliphatic rings. The molecule has 0 bridgehead atoms. The fourth-order valence-electron chi connectivity index (χ4n) is 2.65. The molecular formula is C18H16ClNO3S. The minimum Gasteiger partial charge on any atom is -0.492 e. The third-order valence-corrected chi connectivity index (χ3v) is 4.90. The Morgan fingerprint density at radius 2 is 1.83 bits per heavy atom. The normalized spacial score (nSPS) is 14.7. The zero-order valence-electron chi connectivity index (χ0n) is 13.3. The molecule has 2 amide bonds. The second kappa shape index (κ2) is 6.79. The molecule has 0 aliphatic carbocycles. The number of nitrogens with zero attached hydrogens (tertiary/aromatic N) is 1. The van der Waals surface area contributed by atoms with Crippen molar-refractivity contribution < 1.29 is 14.3 Å². The zero-order chi connectivity index (χ0) is 17.3. The lowest BCUT2D eigenvalue weighted by atomic mass is 10.1. The van der Waals surface area contributed by atoms with E-state index in [1.165, 1.54) is 11.3 Å². The van der Waals surface area contributed by atoms with Gasteiger partial charge in [0.1, 0.15) is 17.4 Å². The second-order valence-electron chi connectivity index (χ2n) is 5.60. The van der Waals surface area contributed by atoms with E-state index >= 15 is 0 Å². The summed E-state index contributed by atoms with van der Waals surface area (Å²) in [7, 11) is 0. The molecule has 2 heterocycles. The smallest absolute Gasteiger partial charge is 0.273 e. The Morgan fingerprint density at radius 1 is 1.12 bits per heavy atom. The average Bonchev–Trinajstić information content (AvgIpc) is 3.09. The molecule has 24 heavy (non-hydrogen) atoms. The van der Waals surface area contributed by atoms with Gasteiger partial charge in [-0.3, -0.25) is 14.5 Å². The molecule has 0 spiro atoms. The number of halogens is 1. The number of rotatable bonds is 5. The maximum absolute atomic E-state index is 12.5. The van der Waals surface area contributed by atoms with Crippen molar-refractivity contribution in [2.75, 3.05) is 13.2 Å². The first-order chi connectivity index (χ1) is 11.5. The molecule has 4 nitrogen and oxygen atoms in total. The van der Waals surface area contributed by atoms with Gasteiger partial charge in [0.05, 0.1) is 12.1 Å². The van der Waals surface area contributed by atoms with Gasteiger partial charge in [0.25, 0.3) is 11.8 Å². The van der Waals surface area contributed by atoms with E-state index in [-0.39, 0.29) is 29.7 Å². The number of hydrogen-bond acceptors (Lipinski definition) is 4. The lowest BCUT2D eigenvalue weighted by Gasteiger charge is -2.15. The van der Waals surface area contributed by atoms with Crippen LogP contribution in [0.1, 0.15) is 16.0 Å². The third-order valence-electron chi connectivity index (χ3n) is 3.66. The van der Waals surface area contributed by atoms with Crippen LogP contribution in [0.5, 0.6) is 5.75 Å². The van der Waals surface area contributed by atoms with Crippen LogP contribution in [-0.4, -0.2) is 29.9 Å². The van der Waals surface area contributed by atoms with Gasteiger partial charge < -0.3 is 4.74 Å². The standard InChI is InChI=1S/C18H16ClNO3S/c1-11-8-12(2)10-13(9-11)23-6-5-20-17(21)15(16(19)18(20)22)14-4-3-7-24-14/h3-4,7-10H,5-6H2,1-2H3. The summed E-state index contributed by atoms with van der Waals surface area (Å²) >= 11 is 7.46. The largest absolute Gasteiger partial charge is 0.492 e. The van der Waals surface area contributed by atoms with Crippen LogP contribution in [0.3, 0.4) is 0 Å². The van der Waals surface area contributed by atoms with Crippen molar-refractivity contribution >= 4 is 40.3 Å². The predicted molar refractivity (Wildman–Crippen MR) is 95.2 cm³/mol. The molecule has 1 aromatic carbocycles. The van der Waals surface area contributed by atoms with Crippen molar-refractivity contribution in [3.63, 3.8) is 0 Å². The van der Waals surface area contributed by atoms with Crippen molar-refractivity contribution in [3.05, 3.63) is 56.7 Å². The molecule has 1 aliphatic heterocycles. The highest BCUT2D eigenvalue weighted by atomic mass is 35.5. The second-order valence-corrected chi connectivity index (χ2v) is 6.93. The number of carbonyl (C=O) groups excluding carboxylic acids is 2. The van der Waals surface area contributed by atoms with Crippen LogP contribution in [-0.2, 0) is 9.59 Å². The van der Waals surface area contributed by atoms with E-state index in [2.05, 4.69) is 6.07 Å². The topological polar surface area (TPSA) is 46.6 Å². The van der Waals surface area contributed by atoms with Gasteiger partial charge in [-0.15, -0.1) is 11.3 Å². The van der Waals surface area contributed by atoms with Crippen LogP contribution in [0.4, 0.5) is 0 Å². The number of ether oxygens (including phenoxy) is 1. The van der Waals surface area contributed by atoms with Crippen molar-refractivity contribution in [1.29, 1.82) is 0 Å². The molecule has 3 rings (SSSR count). The lowest BCUT2D eigenvalue weighted by Crippen LogP contribution is -2.35. The number of carbonyl (C=O) groups is 2. The van der Waals surface area contributed by atoms with E-state index in [1.54, 1.807) is 6.07 Å². The lowest BCUT2D eigenvalue weighted by molar-refractivity contribution is -0.136. The highest BCUT2D eigenvalue weighted by Gasteiger charge is 2.38. The summed E-state index contributed by atoms with van der Waals surface area (Å²) in [5.74, 6) is -0.102. The Morgan fingerprint density at radius 3 is 2.46 bits per heavy atom. The van der Waals surface area contributed by atoms with Crippen LogP contribution in [0.25, 0.3) is 5.57 Å². The highest BCUT2D eigenvalue weighted by molar-refractivity contribution is 7.11. The molecule has 0 unspecified atom stereocenters. The minimum atomic E-state index is -0.464. The molecular weight excluding hydrogens is 346 g/mol. The van der Waals surface area contributed by atoms with Crippen LogP contribution >= 0.6 is 22.9 Å². The van der Waals surface area contributed by atoms with E-state index < -0.39 is 5.91 Å². The van der Waals surface area contributed by atoms with E-state index in [1.807, 2.05) is 37.4 Å². The third kappa shape index (κ3) is 3.23. The van der Waals surface area contributed by atoms with Gasteiger partial charge in [-0.1, -0.05) is 23.7 Å². The van der Waals surface area contributed by atoms with E-state index in [0.29, 0.717) is 4.88 Å². The predicted octanol–water partition coefficient (Wildman–Crippen LogP) is 3.76. The van der Waals surface area contributed by atoms with Gasteiger partial charge in [-0.2, -0.15) is 0 Å². The van der Waals surface area contributed by atoms with E-state index in [4.69, 9.17) is 16.3 Å². The molecule has 6 heteroatoms. The molecule has 1 aromatic heterocycles. The number of hydrogen-bond donors (Lipinski definition) is 0. The van der Waals surface area contributed by atoms with Gasteiger partial charge in [-0.05, 0) is 48.6 Å². The zero-order valence-corrected chi connectivity index (χ0v) is 14.9. The monoisotopic (exact) mass is 361 g/mol. The molecule has 0 atom stereocenters.